The van der Waals surface area contributed by atoms with Gasteiger partial charge in [-0.1, -0.05) is 0 Å². The lowest BCUT2D eigenvalue weighted by Crippen LogP contribution is -2.44. The molecule has 0 atom stereocenters. The number of anilines is 1. The van der Waals surface area contributed by atoms with E-state index >= 15 is 0 Å². The van der Waals surface area contributed by atoms with Crippen LogP contribution in [0.15, 0.2) is 36.8 Å². The standard InChI is InChI=1S/C17H17F3N6/c1-24-6-8-25(9-7-24)15-4-5-21-16(23-15)13-10-22-14-3-2-12(11-26(13)14)17(18,19)20/h2-5,10-11H,6-9H2,1H3. The Balaban J connectivity index is 1.72. The zero-order valence-corrected chi connectivity index (χ0v) is 14.1. The normalized spacial score (nSPS) is 16.4. The lowest BCUT2D eigenvalue weighted by atomic mass is 10.2. The van der Waals surface area contributed by atoms with Crippen LogP contribution in [0, 0.1) is 0 Å². The van der Waals surface area contributed by atoms with Crippen molar-refractivity contribution in [2.75, 3.05) is 38.1 Å². The van der Waals surface area contributed by atoms with Crippen LogP contribution < -0.4 is 4.90 Å². The molecular formula is C17H17F3N6. The van der Waals surface area contributed by atoms with Crippen LogP contribution >= 0.6 is 0 Å². The molecule has 0 radical (unpaired) electrons. The van der Waals surface area contributed by atoms with Crippen molar-refractivity contribution in [3.8, 4) is 11.5 Å². The Morgan fingerprint density at radius 3 is 2.50 bits per heavy atom. The van der Waals surface area contributed by atoms with Gasteiger partial charge in [0, 0.05) is 38.6 Å². The van der Waals surface area contributed by atoms with Gasteiger partial charge in [0.25, 0.3) is 0 Å². The summed E-state index contributed by atoms with van der Waals surface area (Å²) in [5.41, 5.74) is 0.114. The molecule has 1 saturated heterocycles. The number of halogens is 3. The summed E-state index contributed by atoms with van der Waals surface area (Å²) in [5, 5.41) is 0. The number of imidazole rings is 1. The van der Waals surface area contributed by atoms with Gasteiger partial charge in [-0.15, -0.1) is 0 Å². The summed E-state index contributed by atoms with van der Waals surface area (Å²) < 4.78 is 40.4. The van der Waals surface area contributed by atoms with Gasteiger partial charge in [0.05, 0.1) is 11.8 Å². The molecule has 1 fully saturated rings. The number of pyridine rings is 1. The van der Waals surface area contributed by atoms with E-state index < -0.39 is 11.7 Å². The number of hydrogen-bond donors (Lipinski definition) is 0. The molecule has 1 aliphatic rings. The van der Waals surface area contributed by atoms with E-state index in [1.165, 1.54) is 16.7 Å². The second kappa shape index (κ2) is 6.24. The average Bonchev–Trinajstić information content (AvgIpc) is 3.05. The van der Waals surface area contributed by atoms with Gasteiger partial charge in [-0.05, 0) is 25.2 Å². The van der Waals surface area contributed by atoms with Gasteiger partial charge in [-0.3, -0.25) is 4.40 Å². The Hall–Kier alpha value is -2.68. The number of fused-ring (bicyclic) bond motifs is 1. The maximum absolute atomic E-state index is 13.0. The largest absolute Gasteiger partial charge is 0.417 e. The summed E-state index contributed by atoms with van der Waals surface area (Å²) in [6, 6.07) is 4.18. The number of hydrogen-bond acceptors (Lipinski definition) is 5. The fourth-order valence-corrected chi connectivity index (χ4v) is 3.00. The van der Waals surface area contributed by atoms with Crippen LogP contribution in [0.25, 0.3) is 17.2 Å². The lowest BCUT2D eigenvalue weighted by molar-refractivity contribution is -0.137. The molecule has 6 nitrogen and oxygen atoms in total. The van der Waals surface area contributed by atoms with Crippen molar-refractivity contribution >= 4 is 11.5 Å². The van der Waals surface area contributed by atoms with Crippen LogP contribution in [0.3, 0.4) is 0 Å². The molecule has 4 heterocycles. The molecule has 136 valence electrons. The molecule has 0 bridgehead atoms. The molecule has 0 saturated carbocycles. The molecule has 9 heteroatoms. The summed E-state index contributed by atoms with van der Waals surface area (Å²) in [4.78, 5) is 17.4. The summed E-state index contributed by atoms with van der Waals surface area (Å²) in [6.45, 7) is 3.56. The fourth-order valence-electron chi connectivity index (χ4n) is 3.00. The highest BCUT2D eigenvalue weighted by atomic mass is 19.4. The molecule has 3 aromatic heterocycles. The number of alkyl halides is 3. The summed E-state index contributed by atoms with van der Waals surface area (Å²) >= 11 is 0. The van der Waals surface area contributed by atoms with E-state index in [0.29, 0.717) is 17.2 Å². The van der Waals surface area contributed by atoms with Gasteiger partial charge in [-0.2, -0.15) is 13.2 Å². The number of likely N-dealkylation sites (N-methyl/N-ethyl adjacent to an activating group) is 1. The van der Waals surface area contributed by atoms with Crippen molar-refractivity contribution in [3.63, 3.8) is 0 Å². The Labute approximate surface area is 147 Å². The molecular weight excluding hydrogens is 345 g/mol. The number of rotatable bonds is 2. The minimum absolute atomic E-state index is 0.355. The first-order valence-electron chi connectivity index (χ1n) is 8.23. The molecule has 26 heavy (non-hydrogen) atoms. The van der Waals surface area contributed by atoms with Gasteiger partial charge < -0.3 is 9.80 Å². The predicted molar refractivity (Wildman–Crippen MR) is 90.9 cm³/mol. The first-order valence-corrected chi connectivity index (χ1v) is 8.23. The third kappa shape index (κ3) is 3.10. The van der Waals surface area contributed by atoms with Crippen molar-refractivity contribution < 1.29 is 13.2 Å². The average molecular weight is 362 g/mol. The van der Waals surface area contributed by atoms with Crippen molar-refractivity contribution in [1.82, 2.24) is 24.3 Å². The van der Waals surface area contributed by atoms with E-state index in [2.05, 4.69) is 31.8 Å². The summed E-state index contributed by atoms with van der Waals surface area (Å²) in [5.74, 6) is 1.12. The molecule has 4 rings (SSSR count). The Bertz CT molecular complexity index is 928. The smallest absolute Gasteiger partial charge is 0.354 e. The van der Waals surface area contributed by atoms with Crippen LogP contribution in [-0.4, -0.2) is 57.5 Å². The van der Waals surface area contributed by atoms with E-state index in [1.807, 2.05) is 6.07 Å². The zero-order valence-electron chi connectivity index (χ0n) is 14.1. The SMILES string of the molecule is CN1CCN(c2ccnc(-c3cnc4ccc(C(F)(F)F)cn34)n2)CC1. The third-order valence-electron chi connectivity index (χ3n) is 4.53. The number of aromatic nitrogens is 4. The predicted octanol–water partition coefficient (Wildman–Crippen LogP) is 2.56. The Morgan fingerprint density at radius 2 is 1.77 bits per heavy atom. The maximum Gasteiger partial charge on any atom is 0.417 e. The number of piperazine rings is 1. The van der Waals surface area contributed by atoms with Crippen molar-refractivity contribution in [2.24, 2.45) is 0 Å². The van der Waals surface area contributed by atoms with Crippen LogP contribution in [0.2, 0.25) is 0 Å². The second-order valence-corrected chi connectivity index (χ2v) is 6.32. The first kappa shape index (κ1) is 16.8. The van der Waals surface area contributed by atoms with Crippen molar-refractivity contribution in [3.05, 3.63) is 42.4 Å². The minimum atomic E-state index is -4.42. The first-order chi connectivity index (χ1) is 12.4. The van der Waals surface area contributed by atoms with E-state index in [-0.39, 0.29) is 0 Å². The highest BCUT2D eigenvalue weighted by molar-refractivity contribution is 5.59. The van der Waals surface area contributed by atoms with Gasteiger partial charge in [0.1, 0.15) is 17.2 Å². The van der Waals surface area contributed by atoms with Gasteiger partial charge >= 0.3 is 6.18 Å². The molecule has 3 aromatic rings. The molecule has 0 unspecified atom stereocenters. The fraction of sp³-hybridized carbons (Fsp3) is 0.353. The molecule has 0 amide bonds. The van der Waals surface area contributed by atoms with Crippen molar-refractivity contribution in [2.45, 2.75) is 6.18 Å². The zero-order chi connectivity index (χ0) is 18.3. The van der Waals surface area contributed by atoms with E-state index in [9.17, 15) is 13.2 Å². The Kier molecular flexibility index (Phi) is 4.03. The van der Waals surface area contributed by atoms with Crippen molar-refractivity contribution in [1.29, 1.82) is 0 Å². The van der Waals surface area contributed by atoms with Gasteiger partial charge in [-0.25, -0.2) is 15.0 Å². The van der Waals surface area contributed by atoms with E-state index in [4.69, 9.17) is 0 Å². The maximum atomic E-state index is 13.0. The molecule has 0 N–H and O–H groups in total. The molecule has 0 spiro atoms. The molecule has 0 aliphatic carbocycles. The Morgan fingerprint density at radius 1 is 1.00 bits per heavy atom. The van der Waals surface area contributed by atoms with Crippen LogP contribution in [0.1, 0.15) is 5.56 Å². The van der Waals surface area contributed by atoms with Gasteiger partial charge in [0.2, 0.25) is 0 Å². The number of nitrogens with zero attached hydrogens (tertiary/aromatic N) is 6. The third-order valence-corrected chi connectivity index (χ3v) is 4.53. The van der Waals surface area contributed by atoms with Crippen LogP contribution in [0.4, 0.5) is 19.0 Å². The van der Waals surface area contributed by atoms with E-state index in [1.54, 1.807) is 6.20 Å². The highest BCUT2D eigenvalue weighted by Gasteiger charge is 2.31. The minimum Gasteiger partial charge on any atom is -0.354 e. The molecule has 0 aromatic carbocycles. The lowest BCUT2D eigenvalue weighted by Gasteiger charge is -2.33. The quantitative estimate of drug-likeness (QED) is 0.701. The highest BCUT2D eigenvalue weighted by Crippen LogP contribution is 2.30. The molecule has 1 aliphatic heterocycles. The monoisotopic (exact) mass is 362 g/mol. The van der Waals surface area contributed by atoms with Crippen LogP contribution in [-0.2, 0) is 6.18 Å². The summed E-state index contributed by atoms with van der Waals surface area (Å²) in [6.07, 6.45) is -0.261. The second-order valence-electron chi connectivity index (χ2n) is 6.32. The van der Waals surface area contributed by atoms with Gasteiger partial charge in [0.15, 0.2) is 5.82 Å². The van der Waals surface area contributed by atoms with E-state index in [0.717, 1.165) is 44.3 Å². The summed E-state index contributed by atoms with van der Waals surface area (Å²) in [7, 11) is 2.07. The topological polar surface area (TPSA) is 49.6 Å². The van der Waals surface area contributed by atoms with Crippen LogP contribution in [0.5, 0.6) is 0 Å².